The summed E-state index contributed by atoms with van der Waals surface area (Å²) in [5, 5.41) is 21.4. The van der Waals surface area contributed by atoms with E-state index < -0.39 is 17.8 Å². The predicted molar refractivity (Wildman–Crippen MR) is 74.9 cm³/mol. The number of amides is 1. The molecule has 0 bridgehead atoms. The molecule has 2 aromatic carbocycles. The van der Waals surface area contributed by atoms with Crippen LogP contribution in [0.2, 0.25) is 0 Å². The van der Waals surface area contributed by atoms with Gasteiger partial charge in [-0.1, -0.05) is 24.3 Å². The lowest BCUT2D eigenvalue weighted by atomic mass is 10.1. The first-order chi connectivity index (χ1) is 10.1. The molecule has 0 fully saturated rings. The van der Waals surface area contributed by atoms with Crippen LogP contribution in [0.1, 0.15) is 27.6 Å². The van der Waals surface area contributed by atoms with Gasteiger partial charge in [0.1, 0.15) is 5.82 Å². The number of aliphatic hydroxyl groups excluding tert-OH is 1. The molecule has 0 spiro atoms. The minimum Gasteiger partial charge on any atom is -0.387 e. The molecule has 0 aromatic heterocycles. The van der Waals surface area contributed by atoms with Gasteiger partial charge in [-0.3, -0.25) is 4.79 Å². The van der Waals surface area contributed by atoms with Gasteiger partial charge in [-0.25, -0.2) is 4.39 Å². The van der Waals surface area contributed by atoms with Crippen molar-refractivity contribution in [2.45, 2.75) is 6.10 Å². The van der Waals surface area contributed by atoms with Crippen molar-refractivity contribution < 1.29 is 14.3 Å². The summed E-state index contributed by atoms with van der Waals surface area (Å²) < 4.78 is 12.8. The standard InChI is InChI=1S/C16H13FN2O2/c17-13-7-5-11(6-8-13)15(20)10-19-16(21)14-4-2-1-3-12(14)9-18/h1-8,15,20H,10H2,(H,19,21). The van der Waals surface area contributed by atoms with Gasteiger partial charge in [-0.2, -0.15) is 5.26 Å². The third-order valence-electron chi connectivity index (χ3n) is 3.00. The fourth-order valence-electron chi connectivity index (χ4n) is 1.87. The number of carbonyl (C=O) groups is 1. The number of carbonyl (C=O) groups excluding carboxylic acids is 1. The summed E-state index contributed by atoms with van der Waals surface area (Å²) in [6, 6.07) is 13.7. The number of hydrogen-bond donors (Lipinski definition) is 2. The highest BCUT2D eigenvalue weighted by Gasteiger charge is 2.13. The molecule has 21 heavy (non-hydrogen) atoms. The van der Waals surface area contributed by atoms with Gasteiger partial charge >= 0.3 is 0 Å². The van der Waals surface area contributed by atoms with E-state index in [1.807, 2.05) is 6.07 Å². The summed E-state index contributed by atoms with van der Waals surface area (Å²) in [5.41, 5.74) is 1.03. The van der Waals surface area contributed by atoms with E-state index in [0.717, 1.165) is 0 Å². The van der Waals surface area contributed by atoms with Gasteiger partial charge in [-0.05, 0) is 29.8 Å². The van der Waals surface area contributed by atoms with Crippen molar-refractivity contribution in [3.05, 3.63) is 71.0 Å². The molecule has 0 radical (unpaired) electrons. The molecule has 0 saturated carbocycles. The Morgan fingerprint density at radius 3 is 2.57 bits per heavy atom. The first kappa shape index (κ1) is 14.7. The zero-order chi connectivity index (χ0) is 15.2. The SMILES string of the molecule is N#Cc1ccccc1C(=O)NCC(O)c1ccc(F)cc1. The highest BCUT2D eigenvalue weighted by Crippen LogP contribution is 2.13. The minimum atomic E-state index is -0.941. The number of halogens is 1. The Hall–Kier alpha value is -2.71. The van der Waals surface area contributed by atoms with Gasteiger partial charge < -0.3 is 10.4 Å². The van der Waals surface area contributed by atoms with E-state index in [0.29, 0.717) is 5.56 Å². The van der Waals surface area contributed by atoms with Gasteiger partial charge in [0.05, 0.1) is 23.3 Å². The highest BCUT2D eigenvalue weighted by molar-refractivity contribution is 5.96. The van der Waals surface area contributed by atoms with Crippen molar-refractivity contribution in [1.29, 1.82) is 5.26 Å². The van der Waals surface area contributed by atoms with Crippen LogP contribution in [0.15, 0.2) is 48.5 Å². The van der Waals surface area contributed by atoms with Crippen molar-refractivity contribution >= 4 is 5.91 Å². The smallest absolute Gasteiger partial charge is 0.252 e. The van der Waals surface area contributed by atoms with E-state index in [-0.39, 0.29) is 17.7 Å². The number of nitriles is 1. The number of aliphatic hydroxyl groups is 1. The molecule has 2 rings (SSSR count). The zero-order valence-electron chi connectivity index (χ0n) is 11.1. The molecular weight excluding hydrogens is 271 g/mol. The van der Waals surface area contributed by atoms with Gasteiger partial charge in [0.25, 0.3) is 5.91 Å². The predicted octanol–water partition coefficient (Wildman–Crippen LogP) is 2.16. The molecule has 0 aliphatic carbocycles. The van der Waals surface area contributed by atoms with Crippen molar-refractivity contribution in [3.8, 4) is 6.07 Å². The number of nitrogens with one attached hydrogen (secondary N) is 1. The lowest BCUT2D eigenvalue weighted by Gasteiger charge is -2.12. The second kappa shape index (κ2) is 6.64. The molecule has 2 aromatic rings. The maximum Gasteiger partial charge on any atom is 0.252 e. The summed E-state index contributed by atoms with van der Waals surface area (Å²) in [5.74, 6) is -0.828. The summed E-state index contributed by atoms with van der Waals surface area (Å²) in [6.07, 6.45) is -0.941. The molecule has 4 nitrogen and oxygen atoms in total. The third kappa shape index (κ3) is 3.65. The minimum absolute atomic E-state index is 0.0236. The Morgan fingerprint density at radius 2 is 1.90 bits per heavy atom. The summed E-state index contributed by atoms with van der Waals surface area (Å²) in [4.78, 5) is 12.0. The van der Waals surface area contributed by atoms with E-state index in [1.165, 1.54) is 30.3 Å². The van der Waals surface area contributed by atoms with Crippen LogP contribution in [0, 0.1) is 17.1 Å². The summed E-state index contributed by atoms with van der Waals surface area (Å²) in [7, 11) is 0. The van der Waals surface area contributed by atoms with E-state index in [9.17, 15) is 14.3 Å². The average Bonchev–Trinajstić information content (AvgIpc) is 2.52. The van der Waals surface area contributed by atoms with Gasteiger partial charge in [0.15, 0.2) is 0 Å². The summed E-state index contributed by atoms with van der Waals surface area (Å²) >= 11 is 0. The first-order valence-electron chi connectivity index (χ1n) is 6.32. The van der Waals surface area contributed by atoms with Crippen molar-refractivity contribution in [2.75, 3.05) is 6.54 Å². The van der Waals surface area contributed by atoms with Gasteiger partial charge in [0.2, 0.25) is 0 Å². The molecule has 1 amide bonds. The van der Waals surface area contributed by atoms with Gasteiger partial charge in [-0.15, -0.1) is 0 Å². The molecule has 0 aliphatic heterocycles. The lowest BCUT2D eigenvalue weighted by Crippen LogP contribution is -2.28. The Morgan fingerprint density at radius 1 is 1.24 bits per heavy atom. The highest BCUT2D eigenvalue weighted by atomic mass is 19.1. The van der Waals surface area contributed by atoms with Crippen LogP contribution in [-0.2, 0) is 0 Å². The van der Waals surface area contributed by atoms with Crippen molar-refractivity contribution in [1.82, 2.24) is 5.32 Å². The second-order valence-corrected chi connectivity index (χ2v) is 4.43. The molecule has 106 valence electrons. The molecule has 0 heterocycles. The topological polar surface area (TPSA) is 73.1 Å². The van der Waals surface area contributed by atoms with Crippen LogP contribution >= 0.6 is 0 Å². The summed E-state index contributed by atoms with van der Waals surface area (Å²) in [6.45, 7) is -0.0236. The monoisotopic (exact) mass is 284 g/mol. The number of nitrogens with zero attached hydrogens (tertiary/aromatic N) is 1. The zero-order valence-corrected chi connectivity index (χ0v) is 11.1. The van der Waals surface area contributed by atoms with Crippen molar-refractivity contribution in [2.24, 2.45) is 0 Å². The molecule has 0 aliphatic rings. The lowest BCUT2D eigenvalue weighted by molar-refractivity contribution is 0.0916. The van der Waals surface area contributed by atoms with Crippen LogP contribution in [0.5, 0.6) is 0 Å². The second-order valence-electron chi connectivity index (χ2n) is 4.43. The fourth-order valence-corrected chi connectivity index (χ4v) is 1.87. The average molecular weight is 284 g/mol. The normalized spacial score (nSPS) is 11.5. The van der Waals surface area contributed by atoms with E-state index in [2.05, 4.69) is 5.32 Å². The maximum absolute atomic E-state index is 12.8. The van der Waals surface area contributed by atoms with Crippen LogP contribution in [0.25, 0.3) is 0 Å². The third-order valence-corrected chi connectivity index (χ3v) is 3.00. The van der Waals surface area contributed by atoms with E-state index >= 15 is 0 Å². The van der Waals surface area contributed by atoms with E-state index in [1.54, 1.807) is 18.2 Å². The Balaban J connectivity index is 2.01. The van der Waals surface area contributed by atoms with Crippen LogP contribution < -0.4 is 5.32 Å². The molecule has 1 atom stereocenters. The maximum atomic E-state index is 12.8. The molecule has 2 N–H and O–H groups in total. The molecule has 5 heteroatoms. The Kier molecular flexibility index (Phi) is 4.64. The molecular formula is C16H13FN2O2. The van der Waals surface area contributed by atoms with Crippen LogP contribution in [0.4, 0.5) is 4.39 Å². The quantitative estimate of drug-likeness (QED) is 0.903. The molecule has 1 unspecified atom stereocenters. The fraction of sp³-hybridized carbons (Fsp3) is 0.125. The number of benzene rings is 2. The van der Waals surface area contributed by atoms with Crippen LogP contribution in [0.3, 0.4) is 0 Å². The van der Waals surface area contributed by atoms with Crippen LogP contribution in [-0.4, -0.2) is 17.6 Å². The van der Waals surface area contributed by atoms with E-state index in [4.69, 9.17) is 5.26 Å². The number of hydrogen-bond acceptors (Lipinski definition) is 3. The van der Waals surface area contributed by atoms with Gasteiger partial charge in [0, 0.05) is 6.54 Å². The van der Waals surface area contributed by atoms with Crippen molar-refractivity contribution in [3.63, 3.8) is 0 Å². The largest absolute Gasteiger partial charge is 0.387 e. The number of rotatable bonds is 4. The first-order valence-corrected chi connectivity index (χ1v) is 6.32. The Bertz CT molecular complexity index is 677. The Labute approximate surface area is 121 Å². The molecule has 0 saturated heterocycles.